The quantitative estimate of drug-likeness (QED) is 0.499. The second-order valence-corrected chi connectivity index (χ2v) is 7.61. The summed E-state index contributed by atoms with van der Waals surface area (Å²) < 4.78 is 0. The van der Waals surface area contributed by atoms with Gasteiger partial charge in [0.25, 0.3) is 0 Å². The first kappa shape index (κ1) is 19.6. The predicted molar refractivity (Wildman–Crippen MR) is 109 cm³/mol. The number of unbranched alkanes of at least 4 members (excludes halogenated alkanes) is 4. The number of aromatic hydroxyl groups is 1. The molecule has 0 saturated heterocycles. The average molecular weight is 339 g/mol. The molecule has 1 N–H and O–H groups in total. The van der Waals surface area contributed by atoms with Gasteiger partial charge in [-0.1, -0.05) is 89.8 Å². The van der Waals surface area contributed by atoms with Crippen molar-refractivity contribution in [1.29, 1.82) is 0 Å². The van der Waals surface area contributed by atoms with Crippen molar-refractivity contribution in [3.8, 4) is 5.75 Å². The van der Waals surface area contributed by atoms with E-state index < -0.39 is 0 Å². The van der Waals surface area contributed by atoms with Crippen LogP contribution < -0.4 is 0 Å². The summed E-state index contributed by atoms with van der Waals surface area (Å²) in [5.74, 6) is 0.439. The van der Waals surface area contributed by atoms with Crippen molar-refractivity contribution in [3.63, 3.8) is 0 Å². The molecular formula is C24H34O. The van der Waals surface area contributed by atoms with Crippen molar-refractivity contribution in [1.82, 2.24) is 0 Å². The standard InChI is InChI=1S/C24H34O/c1-5-7-8-9-13-16-21-19(6-2)17-18-22(25)23(21)24(3,4)20-14-11-10-12-15-20/h10-12,14-15,17-18,25H,5-9,13,16H2,1-4H3. The molecule has 2 aromatic rings. The maximum atomic E-state index is 10.7. The molecule has 1 heteroatoms. The van der Waals surface area contributed by atoms with Crippen LogP contribution in [0.25, 0.3) is 0 Å². The summed E-state index contributed by atoms with van der Waals surface area (Å²) in [5.41, 5.74) is 4.93. The summed E-state index contributed by atoms with van der Waals surface area (Å²) in [5, 5.41) is 10.7. The second kappa shape index (κ2) is 9.08. The van der Waals surface area contributed by atoms with Crippen LogP contribution in [0.1, 0.15) is 82.1 Å². The zero-order valence-corrected chi connectivity index (χ0v) is 16.4. The molecule has 0 radical (unpaired) electrons. The fourth-order valence-corrected chi connectivity index (χ4v) is 3.90. The van der Waals surface area contributed by atoms with Crippen LogP contribution in [0.4, 0.5) is 0 Å². The number of benzene rings is 2. The van der Waals surface area contributed by atoms with Crippen molar-refractivity contribution in [2.45, 2.75) is 78.1 Å². The van der Waals surface area contributed by atoms with Gasteiger partial charge in [-0.2, -0.15) is 0 Å². The molecule has 0 amide bonds. The van der Waals surface area contributed by atoms with E-state index in [4.69, 9.17) is 0 Å². The van der Waals surface area contributed by atoms with Crippen LogP contribution in [0.5, 0.6) is 5.75 Å². The molecular weight excluding hydrogens is 304 g/mol. The molecule has 0 aliphatic rings. The second-order valence-electron chi connectivity index (χ2n) is 7.61. The Balaban J connectivity index is 2.38. The maximum absolute atomic E-state index is 10.7. The summed E-state index contributed by atoms with van der Waals surface area (Å²) in [6.45, 7) is 8.94. The van der Waals surface area contributed by atoms with Gasteiger partial charge in [0.15, 0.2) is 0 Å². The van der Waals surface area contributed by atoms with E-state index >= 15 is 0 Å². The van der Waals surface area contributed by atoms with Gasteiger partial charge in [0.05, 0.1) is 0 Å². The number of rotatable bonds is 9. The van der Waals surface area contributed by atoms with Gasteiger partial charge in [0, 0.05) is 11.0 Å². The van der Waals surface area contributed by atoms with Gasteiger partial charge in [-0.15, -0.1) is 0 Å². The van der Waals surface area contributed by atoms with E-state index in [9.17, 15) is 5.11 Å². The lowest BCUT2D eigenvalue weighted by Crippen LogP contribution is -2.22. The third-order valence-corrected chi connectivity index (χ3v) is 5.42. The molecule has 0 aliphatic heterocycles. The smallest absolute Gasteiger partial charge is 0.119 e. The van der Waals surface area contributed by atoms with E-state index in [1.165, 1.54) is 48.8 Å². The van der Waals surface area contributed by atoms with Crippen LogP contribution in [0.15, 0.2) is 42.5 Å². The highest BCUT2D eigenvalue weighted by atomic mass is 16.3. The SMILES string of the molecule is CCCCCCCc1c(CC)ccc(O)c1C(C)(C)c1ccccc1. The van der Waals surface area contributed by atoms with Gasteiger partial charge in [-0.05, 0) is 42.0 Å². The lowest BCUT2D eigenvalue weighted by atomic mass is 9.73. The van der Waals surface area contributed by atoms with E-state index in [2.05, 4.69) is 64.1 Å². The van der Waals surface area contributed by atoms with E-state index in [0.717, 1.165) is 18.4 Å². The summed E-state index contributed by atoms with van der Waals surface area (Å²) in [6.07, 6.45) is 8.47. The molecule has 0 bridgehead atoms. The monoisotopic (exact) mass is 338 g/mol. The molecule has 2 aromatic carbocycles. The molecule has 0 aliphatic carbocycles. The number of hydrogen-bond donors (Lipinski definition) is 1. The zero-order valence-electron chi connectivity index (χ0n) is 16.4. The Hall–Kier alpha value is -1.76. The number of phenolic OH excluding ortho intramolecular Hbond substituents is 1. The minimum absolute atomic E-state index is 0.199. The summed E-state index contributed by atoms with van der Waals surface area (Å²) in [7, 11) is 0. The topological polar surface area (TPSA) is 20.2 Å². The van der Waals surface area contributed by atoms with Gasteiger partial charge < -0.3 is 5.11 Å². The molecule has 0 saturated carbocycles. The average Bonchev–Trinajstić information content (AvgIpc) is 2.62. The van der Waals surface area contributed by atoms with Crippen molar-refractivity contribution in [2.75, 3.05) is 0 Å². The first-order chi connectivity index (χ1) is 12.0. The summed E-state index contributed by atoms with van der Waals surface area (Å²) in [4.78, 5) is 0. The number of phenols is 1. The van der Waals surface area contributed by atoms with Crippen LogP contribution in [0.2, 0.25) is 0 Å². The van der Waals surface area contributed by atoms with Crippen LogP contribution in [0.3, 0.4) is 0 Å². The third-order valence-electron chi connectivity index (χ3n) is 5.42. The Labute approximate surface area is 154 Å². The molecule has 0 aromatic heterocycles. The van der Waals surface area contributed by atoms with Crippen LogP contribution in [-0.2, 0) is 18.3 Å². The first-order valence-electron chi connectivity index (χ1n) is 9.92. The molecule has 0 unspecified atom stereocenters. The Kier molecular flexibility index (Phi) is 7.11. The van der Waals surface area contributed by atoms with Crippen molar-refractivity contribution in [3.05, 3.63) is 64.7 Å². The molecule has 0 fully saturated rings. The summed E-state index contributed by atoms with van der Waals surface area (Å²) in [6, 6.07) is 14.6. The predicted octanol–water partition coefficient (Wildman–Crippen LogP) is 6.79. The Bertz CT molecular complexity index is 655. The van der Waals surface area contributed by atoms with Gasteiger partial charge in [0.2, 0.25) is 0 Å². The zero-order chi connectivity index (χ0) is 18.3. The minimum Gasteiger partial charge on any atom is -0.508 e. The first-order valence-corrected chi connectivity index (χ1v) is 9.92. The molecule has 136 valence electrons. The van der Waals surface area contributed by atoms with E-state index in [-0.39, 0.29) is 5.41 Å². The lowest BCUT2D eigenvalue weighted by molar-refractivity contribution is 0.449. The number of aryl methyl sites for hydroxylation is 1. The maximum Gasteiger partial charge on any atom is 0.119 e. The summed E-state index contributed by atoms with van der Waals surface area (Å²) >= 11 is 0. The largest absolute Gasteiger partial charge is 0.508 e. The highest BCUT2D eigenvalue weighted by Crippen LogP contribution is 2.41. The fraction of sp³-hybridized carbons (Fsp3) is 0.500. The van der Waals surface area contributed by atoms with Crippen molar-refractivity contribution >= 4 is 0 Å². The van der Waals surface area contributed by atoms with Crippen molar-refractivity contribution < 1.29 is 5.11 Å². The van der Waals surface area contributed by atoms with Crippen LogP contribution >= 0.6 is 0 Å². The van der Waals surface area contributed by atoms with E-state index in [1.807, 2.05) is 6.07 Å². The van der Waals surface area contributed by atoms with Gasteiger partial charge in [-0.25, -0.2) is 0 Å². The molecule has 25 heavy (non-hydrogen) atoms. The minimum atomic E-state index is -0.199. The lowest BCUT2D eigenvalue weighted by Gasteiger charge is -2.31. The Morgan fingerprint density at radius 1 is 0.840 bits per heavy atom. The molecule has 2 rings (SSSR count). The van der Waals surface area contributed by atoms with Crippen LogP contribution in [0, 0.1) is 0 Å². The normalized spacial score (nSPS) is 11.7. The van der Waals surface area contributed by atoms with Gasteiger partial charge >= 0.3 is 0 Å². The number of hydrogen-bond acceptors (Lipinski definition) is 1. The highest BCUT2D eigenvalue weighted by Gasteiger charge is 2.29. The highest BCUT2D eigenvalue weighted by molar-refractivity contribution is 5.53. The molecule has 0 spiro atoms. The van der Waals surface area contributed by atoms with Gasteiger partial charge in [-0.3, -0.25) is 0 Å². The van der Waals surface area contributed by atoms with Gasteiger partial charge in [0.1, 0.15) is 5.75 Å². The Morgan fingerprint density at radius 2 is 1.52 bits per heavy atom. The molecule has 1 nitrogen and oxygen atoms in total. The fourth-order valence-electron chi connectivity index (χ4n) is 3.90. The molecule has 0 heterocycles. The molecule has 0 atom stereocenters. The van der Waals surface area contributed by atoms with E-state index in [0.29, 0.717) is 5.75 Å². The van der Waals surface area contributed by atoms with Crippen LogP contribution in [-0.4, -0.2) is 5.11 Å². The van der Waals surface area contributed by atoms with E-state index in [1.54, 1.807) is 0 Å². The third kappa shape index (κ3) is 4.66. The Morgan fingerprint density at radius 3 is 2.16 bits per heavy atom. The van der Waals surface area contributed by atoms with Crippen molar-refractivity contribution in [2.24, 2.45) is 0 Å².